The van der Waals surface area contributed by atoms with Crippen molar-refractivity contribution in [3.63, 3.8) is 0 Å². The number of hydrogen-bond donors (Lipinski definition) is 0. The van der Waals surface area contributed by atoms with Crippen molar-refractivity contribution in [2.24, 2.45) is 5.16 Å². The predicted molar refractivity (Wildman–Crippen MR) is 83.7 cm³/mol. The van der Waals surface area contributed by atoms with Crippen LogP contribution in [0.3, 0.4) is 0 Å². The van der Waals surface area contributed by atoms with Crippen LogP contribution in [-0.2, 0) is 11.4 Å². The Balaban J connectivity index is 2.07. The zero-order valence-corrected chi connectivity index (χ0v) is 12.9. The molecule has 0 atom stereocenters. The van der Waals surface area contributed by atoms with Gasteiger partial charge in [0.2, 0.25) is 5.88 Å². The summed E-state index contributed by atoms with van der Waals surface area (Å²) in [6.45, 7) is 6.48. The molecule has 2 aromatic rings. The van der Waals surface area contributed by atoms with Crippen molar-refractivity contribution in [2.75, 3.05) is 7.11 Å². The molecule has 21 heavy (non-hydrogen) atoms. The molecule has 4 heteroatoms. The Morgan fingerprint density at radius 1 is 1.10 bits per heavy atom. The van der Waals surface area contributed by atoms with Gasteiger partial charge in [-0.15, -0.1) is 0 Å². The summed E-state index contributed by atoms with van der Waals surface area (Å²) in [6.07, 6.45) is 0. The molecule has 0 N–H and O–H groups in total. The molecule has 0 aliphatic rings. The van der Waals surface area contributed by atoms with Crippen molar-refractivity contribution in [1.29, 1.82) is 0 Å². The summed E-state index contributed by atoms with van der Waals surface area (Å²) in [4.78, 5) is 9.80. The van der Waals surface area contributed by atoms with Gasteiger partial charge in [-0.3, -0.25) is 0 Å². The van der Waals surface area contributed by atoms with Crippen LogP contribution in [0.25, 0.3) is 0 Å². The highest BCUT2D eigenvalue weighted by Gasteiger charge is 2.04. The number of benzene rings is 1. The van der Waals surface area contributed by atoms with Crippen LogP contribution >= 0.6 is 0 Å². The number of methoxy groups -OCH3 is 1. The Kier molecular flexibility index (Phi) is 4.93. The Morgan fingerprint density at radius 3 is 2.43 bits per heavy atom. The topological polar surface area (TPSA) is 43.7 Å². The Bertz CT molecular complexity index is 631. The lowest BCUT2D eigenvalue weighted by Gasteiger charge is -2.08. The number of aryl methyl sites for hydroxylation is 2. The number of rotatable bonds is 5. The van der Waals surface area contributed by atoms with Crippen LogP contribution in [0.1, 0.15) is 29.3 Å². The lowest BCUT2D eigenvalue weighted by atomic mass is 10.0. The fraction of sp³-hybridized carbons (Fsp3) is 0.294. The number of hydrogen-bond acceptors (Lipinski definition) is 4. The van der Waals surface area contributed by atoms with Crippen molar-refractivity contribution in [1.82, 2.24) is 4.98 Å². The molecular formula is C17H20N2O2. The minimum Gasteiger partial charge on any atom is -0.481 e. The van der Waals surface area contributed by atoms with Crippen molar-refractivity contribution in [3.8, 4) is 5.88 Å². The van der Waals surface area contributed by atoms with Crippen molar-refractivity contribution < 1.29 is 9.57 Å². The van der Waals surface area contributed by atoms with Crippen LogP contribution in [0.5, 0.6) is 5.88 Å². The number of pyridine rings is 1. The van der Waals surface area contributed by atoms with Crippen LogP contribution < -0.4 is 4.74 Å². The van der Waals surface area contributed by atoms with E-state index in [2.05, 4.69) is 36.1 Å². The van der Waals surface area contributed by atoms with Crippen LogP contribution in [-0.4, -0.2) is 17.8 Å². The molecule has 0 amide bonds. The molecule has 2 rings (SSSR count). The van der Waals surface area contributed by atoms with E-state index in [1.165, 1.54) is 16.7 Å². The van der Waals surface area contributed by atoms with Crippen molar-refractivity contribution in [3.05, 3.63) is 58.8 Å². The first-order chi connectivity index (χ1) is 10.1. The summed E-state index contributed by atoms with van der Waals surface area (Å²) in [6, 6.07) is 11.8. The summed E-state index contributed by atoms with van der Waals surface area (Å²) >= 11 is 0. The molecule has 1 heterocycles. The van der Waals surface area contributed by atoms with Crippen molar-refractivity contribution >= 4 is 5.71 Å². The molecule has 0 saturated heterocycles. The Labute approximate surface area is 125 Å². The van der Waals surface area contributed by atoms with Crippen LogP contribution in [0.2, 0.25) is 0 Å². The average molecular weight is 284 g/mol. The standard InChI is InChI=1S/C17H20N2O2/c1-12-7-5-8-13(2)15(12)11-21-19-14(3)16-9-6-10-17(18-16)20-4/h5-10H,11H2,1-4H3/b19-14+. The predicted octanol–water partition coefficient (Wildman–Crippen LogP) is 3.65. The van der Waals surface area contributed by atoms with E-state index in [0.29, 0.717) is 12.5 Å². The van der Waals surface area contributed by atoms with Gasteiger partial charge in [0.05, 0.1) is 12.8 Å². The third-order valence-corrected chi connectivity index (χ3v) is 3.36. The lowest BCUT2D eigenvalue weighted by Crippen LogP contribution is -2.02. The van der Waals surface area contributed by atoms with Crippen LogP contribution in [0, 0.1) is 13.8 Å². The summed E-state index contributed by atoms with van der Waals surface area (Å²) < 4.78 is 5.10. The number of ether oxygens (including phenoxy) is 1. The zero-order valence-electron chi connectivity index (χ0n) is 12.9. The molecule has 0 unspecified atom stereocenters. The second kappa shape index (κ2) is 6.88. The lowest BCUT2D eigenvalue weighted by molar-refractivity contribution is 0.129. The zero-order chi connectivity index (χ0) is 15.2. The maximum atomic E-state index is 5.48. The van der Waals surface area contributed by atoms with Gasteiger partial charge in [0.15, 0.2) is 0 Å². The molecule has 1 aromatic heterocycles. The van der Waals surface area contributed by atoms with Gasteiger partial charge in [-0.1, -0.05) is 29.4 Å². The van der Waals surface area contributed by atoms with E-state index in [9.17, 15) is 0 Å². The maximum absolute atomic E-state index is 5.48. The van der Waals surface area contributed by atoms with E-state index in [0.717, 1.165) is 11.4 Å². The molecule has 0 bridgehead atoms. The molecule has 0 radical (unpaired) electrons. The van der Waals surface area contributed by atoms with E-state index in [-0.39, 0.29) is 0 Å². The van der Waals surface area contributed by atoms with Crippen LogP contribution in [0.4, 0.5) is 0 Å². The van der Waals surface area contributed by atoms with Gasteiger partial charge < -0.3 is 9.57 Å². The van der Waals surface area contributed by atoms with Gasteiger partial charge >= 0.3 is 0 Å². The smallest absolute Gasteiger partial charge is 0.213 e. The van der Waals surface area contributed by atoms with Gasteiger partial charge in [-0.05, 0) is 43.5 Å². The van der Waals surface area contributed by atoms with Crippen LogP contribution in [0.15, 0.2) is 41.6 Å². The summed E-state index contributed by atoms with van der Waals surface area (Å²) in [5.74, 6) is 0.566. The maximum Gasteiger partial charge on any atom is 0.213 e. The van der Waals surface area contributed by atoms with Gasteiger partial charge in [0.25, 0.3) is 0 Å². The molecule has 0 saturated carbocycles. The second-order valence-electron chi connectivity index (χ2n) is 4.89. The molecule has 0 aliphatic heterocycles. The Morgan fingerprint density at radius 2 is 1.76 bits per heavy atom. The summed E-state index contributed by atoms with van der Waals surface area (Å²) in [7, 11) is 1.59. The third kappa shape index (κ3) is 3.81. The highest BCUT2D eigenvalue weighted by atomic mass is 16.6. The first kappa shape index (κ1) is 15.0. The average Bonchev–Trinajstić information content (AvgIpc) is 2.50. The molecule has 0 spiro atoms. The van der Waals surface area contributed by atoms with Gasteiger partial charge in [-0.2, -0.15) is 0 Å². The summed E-state index contributed by atoms with van der Waals surface area (Å²) in [5.41, 5.74) is 5.06. The molecule has 0 fully saturated rings. The van der Waals surface area contributed by atoms with Gasteiger partial charge in [0.1, 0.15) is 12.3 Å². The first-order valence-corrected chi connectivity index (χ1v) is 6.85. The highest BCUT2D eigenvalue weighted by molar-refractivity contribution is 5.96. The van der Waals surface area contributed by atoms with E-state index >= 15 is 0 Å². The highest BCUT2D eigenvalue weighted by Crippen LogP contribution is 2.15. The fourth-order valence-electron chi connectivity index (χ4n) is 2.05. The molecule has 0 aliphatic carbocycles. The first-order valence-electron chi connectivity index (χ1n) is 6.85. The quantitative estimate of drug-likeness (QED) is 0.622. The van der Waals surface area contributed by atoms with Gasteiger partial charge in [-0.25, -0.2) is 4.98 Å². The number of aromatic nitrogens is 1. The van der Waals surface area contributed by atoms with E-state index in [1.807, 2.05) is 25.1 Å². The molecule has 4 nitrogen and oxygen atoms in total. The normalized spacial score (nSPS) is 11.3. The molecule has 1 aromatic carbocycles. The molecular weight excluding hydrogens is 264 g/mol. The second-order valence-corrected chi connectivity index (χ2v) is 4.89. The summed E-state index contributed by atoms with van der Waals surface area (Å²) in [5, 5.41) is 4.15. The third-order valence-electron chi connectivity index (χ3n) is 3.36. The number of nitrogens with zero attached hydrogens (tertiary/aromatic N) is 2. The molecule has 110 valence electrons. The Hall–Kier alpha value is -2.36. The van der Waals surface area contributed by atoms with Crippen molar-refractivity contribution in [2.45, 2.75) is 27.4 Å². The van der Waals surface area contributed by atoms with E-state index in [4.69, 9.17) is 9.57 Å². The van der Waals surface area contributed by atoms with Gasteiger partial charge in [0, 0.05) is 6.07 Å². The minimum atomic E-state index is 0.458. The largest absolute Gasteiger partial charge is 0.481 e. The minimum absolute atomic E-state index is 0.458. The van der Waals surface area contributed by atoms with E-state index in [1.54, 1.807) is 13.2 Å². The monoisotopic (exact) mass is 284 g/mol. The SMILES string of the molecule is COc1cccc(/C(C)=N/OCc2c(C)cccc2C)n1. The number of oxime groups is 1. The van der Waals surface area contributed by atoms with E-state index < -0.39 is 0 Å². The fourth-order valence-corrected chi connectivity index (χ4v) is 2.05.